The second kappa shape index (κ2) is 6.70. The molecule has 1 amide bonds. The molecule has 0 aromatic rings. The summed E-state index contributed by atoms with van der Waals surface area (Å²) in [5.74, 6) is -1.23. The first-order valence-corrected chi connectivity index (χ1v) is 7.72. The Morgan fingerprint density at radius 3 is 2.26 bits per heavy atom. The van der Waals surface area contributed by atoms with Crippen molar-refractivity contribution in [2.75, 3.05) is 26.0 Å². The molecule has 0 bridgehead atoms. The van der Waals surface area contributed by atoms with E-state index >= 15 is 0 Å². The van der Waals surface area contributed by atoms with Gasteiger partial charge in [0.1, 0.15) is 11.3 Å². The molecule has 0 rings (SSSR count). The van der Waals surface area contributed by atoms with Gasteiger partial charge in [-0.3, -0.25) is 9.59 Å². The normalized spacial score (nSPS) is 11.8. The summed E-state index contributed by atoms with van der Waals surface area (Å²) < 4.78 is 26.4. The number of rotatable bonds is 7. The maximum absolute atomic E-state index is 12.2. The number of hydrogen-bond donors (Lipinski definition) is 0. The van der Waals surface area contributed by atoms with E-state index in [1.807, 2.05) is 0 Å². The van der Waals surface area contributed by atoms with Gasteiger partial charge in [-0.2, -0.15) is 0 Å². The van der Waals surface area contributed by atoms with Crippen LogP contribution in [-0.2, 0) is 24.2 Å². The molecule has 0 unspecified atom stereocenters. The molecule has 0 spiro atoms. The minimum Gasteiger partial charge on any atom is -0.465 e. The third-order valence-corrected chi connectivity index (χ3v) is 4.73. The van der Waals surface area contributed by atoms with Crippen molar-refractivity contribution in [3.63, 3.8) is 0 Å². The second-order valence-corrected chi connectivity index (χ2v) is 7.13. The summed E-state index contributed by atoms with van der Waals surface area (Å²) in [5, 5.41) is 0. The molecule has 7 heteroatoms. The zero-order valence-electron chi connectivity index (χ0n) is 11.8. The molecule has 0 N–H and O–H groups in total. The Labute approximate surface area is 114 Å². The molecule has 0 aromatic heterocycles. The van der Waals surface area contributed by atoms with E-state index in [4.69, 9.17) is 4.74 Å². The standard InChI is InChI=1S/C12H21NO5S/c1-6-8-13(9-10(14)18-7-2)11(15)12(3,4)19(5,16)17/h6H,1,7-9H2,2-5H3. The zero-order valence-corrected chi connectivity index (χ0v) is 12.6. The Kier molecular flexibility index (Phi) is 6.21. The van der Waals surface area contributed by atoms with Crippen LogP contribution in [0.2, 0.25) is 0 Å². The van der Waals surface area contributed by atoms with Crippen LogP contribution in [0.5, 0.6) is 0 Å². The molecular weight excluding hydrogens is 270 g/mol. The largest absolute Gasteiger partial charge is 0.465 e. The molecular formula is C12H21NO5S. The molecule has 0 saturated heterocycles. The topological polar surface area (TPSA) is 80.8 Å². The van der Waals surface area contributed by atoms with E-state index in [0.29, 0.717) is 0 Å². The maximum atomic E-state index is 12.2. The summed E-state index contributed by atoms with van der Waals surface area (Å²) in [6.07, 6.45) is 2.41. The molecule has 0 saturated carbocycles. The molecule has 0 aromatic carbocycles. The van der Waals surface area contributed by atoms with Gasteiger partial charge in [-0.1, -0.05) is 6.08 Å². The lowest BCUT2D eigenvalue weighted by Gasteiger charge is -2.29. The van der Waals surface area contributed by atoms with Crippen molar-refractivity contribution in [1.82, 2.24) is 4.90 Å². The van der Waals surface area contributed by atoms with Crippen molar-refractivity contribution < 1.29 is 22.7 Å². The molecule has 19 heavy (non-hydrogen) atoms. The van der Waals surface area contributed by atoms with Crippen molar-refractivity contribution in [1.29, 1.82) is 0 Å². The minimum absolute atomic E-state index is 0.0800. The van der Waals surface area contributed by atoms with Crippen molar-refractivity contribution in [2.45, 2.75) is 25.5 Å². The van der Waals surface area contributed by atoms with Crippen molar-refractivity contribution in [3.05, 3.63) is 12.7 Å². The Morgan fingerprint density at radius 1 is 1.37 bits per heavy atom. The highest BCUT2D eigenvalue weighted by atomic mass is 32.2. The zero-order chi connectivity index (χ0) is 15.3. The lowest BCUT2D eigenvalue weighted by molar-refractivity contribution is -0.149. The van der Waals surface area contributed by atoms with Crippen molar-refractivity contribution in [3.8, 4) is 0 Å². The van der Waals surface area contributed by atoms with Crippen LogP contribution >= 0.6 is 0 Å². The van der Waals surface area contributed by atoms with Gasteiger partial charge in [0.2, 0.25) is 5.91 Å². The fourth-order valence-corrected chi connectivity index (χ4v) is 1.72. The molecule has 0 radical (unpaired) electrons. The molecule has 0 heterocycles. The van der Waals surface area contributed by atoms with E-state index in [2.05, 4.69) is 6.58 Å². The van der Waals surface area contributed by atoms with Crippen molar-refractivity contribution >= 4 is 21.7 Å². The first-order chi connectivity index (χ1) is 8.57. The van der Waals surface area contributed by atoms with Crippen LogP contribution in [0.4, 0.5) is 0 Å². The number of sulfone groups is 1. The summed E-state index contributed by atoms with van der Waals surface area (Å²) in [6, 6.07) is 0. The van der Waals surface area contributed by atoms with Gasteiger partial charge in [0.25, 0.3) is 0 Å². The molecule has 0 fully saturated rings. The molecule has 110 valence electrons. The smallest absolute Gasteiger partial charge is 0.325 e. The second-order valence-electron chi connectivity index (χ2n) is 4.56. The van der Waals surface area contributed by atoms with Crippen LogP contribution in [0, 0.1) is 0 Å². The highest BCUT2D eigenvalue weighted by molar-refractivity contribution is 7.92. The number of amides is 1. The molecule has 0 aliphatic heterocycles. The summed E-state index contributed by atoms with van der Waals surface area (Å²) in [4.78, 5) is 24.8. The monoisotopic (exact) mass is 291 g/mol. The Morgan fingerprint density at radius 2 is 1.89 bits per heavy atom. The van der Waals surface area contributed by atoms with Gasteiger partial charge in [-0.15, -0.1) is 6.58 Å². The van der Waals surface area contributed by atoms with Crippen molar-refractivity contribution in [2.24, 2.45) is 0 Å². The van der Waals surface area contributed by atoms with E-state index < -0.39 is 26.5 Å². The average Bonchev–Trinajstić information content (AvgIpc) is 2.26. The number of hydrogen-bond acceptors (Lipinski definition) is 5. The van der Waals surface area contributed by atoms with Gasteiger partial charge in [-0.05, 0) is 20.8 Å². The van der Waals surface area contributed by atoms with Crippen LogP contribution in [0.15, 0.2) is 12.7 Å². The van der Waals surface area contributed by atoms with Gasteiger partial charge in [-0.25, -0.2) is 8.42 Å². The fourth-order valence-electron chi connectivity index (χ4n) is 1.28. The predicted octanol–water partition coefficient (Wildman–Crippen LogP) is 0.387. The Balaban J connectivity index is 5.14. The van der Waals surface area contributed by atoms with Gasteiger partial charge >= 0.3 is 5.97 Å². The Hall–Kier alpha value is -1.37. The quantitative estimate of drug-likeness (QED) is 0.500. The number of carbonyl (C=O) groups is 2. The van der Waals surface area contributed by atoms with E-state index in [-0.39, 0.29) is 19.7 Å². The van der Waals surface area contributed by atoms with Crippen LogP contribution in [-0.4, -0.2) is 55.9 Å². The van der Waals surface area contributed by atoms with E-state index in [9.17, 15) is 18.0 Å². The number of carbonyl (C=O) groups excluding carboxylic acids is 2. The van der Waals surface area contributed by atoms with Gasteiger partial charge < -0.3 is 9.64 Å². The molecule has 0 aliphatic rings. The van der Waals surface area contributed by atoms with Gasteiger partial charge in [0.05, 0.1) is 6.61 Å². The third kappa shape index (κ3) is 4.66. The average molecular weight is 291 g/mol. The maximum Gasteiger partial charge on any atom is 0.325 e. The summed E-state index contributed by atoms with van der Waals surface area (Å²) in [6.45, 7) is 7.74. The lowest BCUT2D eigenvalue weighted by atomic mass is 10.1. The summed E-state index contributed by atoms with van der Waals surface area (Å²) in [7, 11) is -3.59. The highest BCUT2D eigenvalue weighted by Crippen LogP contribution is 2.18. The number of ether oxygens (including phenoxy) is 1. The third-order valence-electron chi connectivity index (χ3n) is 2.70. The van der Waals surface area contributed by atoms with Crippen LogP contribution in [0.25, 0.3) is 0 Å². The van der Waals surface area contributed by atoms with E-state index in [0.717, 1.165) is 11.2 Å². The van der Waals surface area contributed by atoms with Gasteiger partial charge in [0, 0.05) is 12.8 Å². The van der Waals surface area contributed by atoms with Crippen LogP contribution < -0.4 is 0 Å². The molecule has 0 atom stereocenters. The summed E-state index contributed by atoms with van der Waals surface area (Å²) in [5.41, 5.74) is 0. The van der Waals surface area contributed by atoms with E-state index in [1.54, 1.807) is 6.92 Å². The first-order valence-electron chi connectivity index (χ1n) is 5.83. The lowest BCUT2D eigenvalue weighted by Crippen LogP contribution is -2.51. The van der Waals surface area contributed by atoms with Crippen LogP contribution in [0.1, 0.15) is 20.8 Å². The minimum atomic E-state index is -3.59. The summed E-state index contributed by atoms with van der Waals surface area (Å²) >= 11 is 0. The first kappa shape index (κ1) is 17.6. The molecule has 6 nitrogen and oxygen atoms in total. The van der Waals surface area contributed by atoms with Gasteiger partial charge in [0.15, 0.2) is 9.84 Å². The fraction of sp³-hybridized carbons (Fsp3) is 0.667. The predicted molar refractivity (Wildman–Crippen MR) is 72.3 cm³/mol. The number of nitrogens with zero attached hydrogens (tertiary/aromatic N) is 1. The molecule has 0 aliphatic carbocycles. The highest BCUT2D eigenvalue weighted by Gasteiger charge is 2.41. The Bertz CT molecular complexity index is 453. The van der Waals surface area contributed by atoms with Crippen LogP contribution in [0.3, 0.4) is 0 Å². The SMILES string of the molecule is C=CCN(CC(=O)OCC)C(=O)C(C)(C)S(C)(=O)=O. The number of esters is 1. The van der Waals surface area contributed by atoms with E-state index in [1.165, 1.54) is 19.9 Å².